The van der Waals surface area contributed by atoms with Crippen molar-refractivity contribution in [2.75, 3.05) is 26.2 Å². The SMILES string of the molecule is CCN(CC)S(=O)(=O)c1ccc(CNC(=O)C(C)C2CNC2)s1.Cl. The normalized spacial score (nSPS) is 16.3. The summed E-state index contributed by atoms with van der Waals surface area (Å²) >= 11 is 1.22. The molecule has 1 atom stereocenters. The van der Waals surface area contributed by atoms with Crippen LogP contribution in [0, 0.1) is 11.8 Å². The van der Waals surface area contributed by atoms with Gasteiger partial charge in [0.25, 0.3) is 10.0 Å². The summed E-state index contributed by atoms with van der Waals surface area (Å²) in [6.45, 7) is 8.65. The van der Waals surface area contributed by atoms with Gasteiger partial charge in [0.05, 0.1) is 6.54 Å². The van der Waals surface area contributed by atoms with Crippen LogP contribution in [-0.4, -0.2) is 44.8 Å². The fourth-order valence-electron chi connectivity index (χ4n) is 2.50. The van der Waals surface area contributed by atoms with Crippen molar-refractivity contribution in [3.63, 3.8) is 0 Å². The van der Waals surface area contributed by atoms with Crippen LogP contribution in [0.1, 0.15) is 25.6 Å². The quantitative estimate of drug-likeness (QED) is 0.701. The predicted molar refractivity (Wildman–Crippen MR) is 99.0 cm³/mol. The molecule has 1 aliphatic heterocycles. The average molecular weight is 396 g/mol. The van der Waals surface area contributed by atoms with Gasteiger partial charge in [0.2, 0.25) is 5.91 Å². The van der Waals surface area contributed by atoms with E-state index in [-0.39, 0.29) is 24.2 Å². The Morgan fingerprint density at radius 1 is 1.38 bits per heavy atom. The Balaban J connectivity index is 0.00000288. The summed E-state index contributed by atoms with van der Waals surface area (Å²) in [6, 6.07) is 3.40. The van der Waals surface area contributed by atoms with Gasteiger partial charge in [-0.3, -0.25) is 4.79 Å². The maximum Gasteiger partial charge on any atom is 0.252 e. The van der Waals surface area contributed by atoms with E-state index in [0.29, 0.717) is 29.8 Å². The highest BCUT2D eigenvalue weighted by atomic mass is 35.5. The molecule has 138 valence electrons. The Bertz CT molecular complexity index is 640. The average Bonchev–Trinajstić information content (AvgIpc) is 2.93. The van der Waals surface area contributed by atoms with Gasteiger partial charge in [-0.25, -0.2) is 8.42 Å². The van der Waals surface area contributed by atoms with Gasteiger partial charge < -0.3 is 10.6 Å². The number of hydrogen-bond donors (Lipinski definition) is 2. The Morgan fingerprint density at radius 2 is 2.00 bits per heavy atom. The van der Waals surface area contributed by atoms with Gasteiger partial charge in [-0.2, -0.15) is 4.31 Å². The minimum Gasteiger partial charge on any atom is -0.351 e. The Kier molecular flexibility index (Phi) is 8.14. The molecule has 1 aliphatic rings. The Labute approximate surface area is 154 Å². The van der Waals surface area contributed by atoms with E-state index >= 15 is 0 Å². The number of amides is 1. The van der Waals surface area contributed by atoms with Crippen LogP contribution >= 0.6 is 23.7 Å². The molecule has 2 heterocycles. The lowest BCUT2D eigenvalue weighted by atomic mass is 9.88. The van der Waals surface area contributed by atoms with Crippen molar-refractivity contribution in [1.82, 2.24) is 14.9 Å². The smallest absolute Gasteiger partial charge is 0.252 e. The summed E-state index contributed by atoms with van der Waals surface area (Å²) in [5.74, 6) is 0.407. The van der Waals surface area contributed by atoms with Crippen LogP contribution in [0.15, 0.2) is 16.3 Å². The molecule has 0 aromatic carbocycles. The third-order valence-electron chi connectivity index (χ3n) is 4.31. The minimum absolute atomic E-state index is 0. The first-order valence-corrected chi connectivity index (χ1v) is 10.2. The summed E-state index contributed by atoms with van der Waals surface area (Å²) in [5.41, 5.74) is 0. The van der Waals surface area contributed by atoms with Crippen LogP contribution in [0.4, 0.5) is 0 Å². The molecule has 1 aromatic rings. The molecular weight excluding hydrogens is 370 g/mol. The van der Waals surface area contributed by atoms with E-state index in [1.54, 1.807) is 12.1 Å². The van der Waals surface area contributed by atoms with Crippen LogP contribution in [0.2, 0.25) is 0 Å². The maximum absolute atomic E-state index is 12.4. The zero-order valence-corrected chi connectivity index (χ0v) is 16.7. The largest absolute Gasteiger partial charge is 0.351 e. The fraction of sp³-hybridized carbons (Fsp3) is 0.667. The van der Waals surface area contributed by atoms with Crippen LogP contribution < -0.4 is 10.6 Å². The third-order valence-corrected chi connectivity index (χ3v) is 7.91. The molecule has 2 rings (SSSR count). The second kappa shape index (κ2) is 9.15. The van der Waals surface area contributed by atoms with Gasteiger partial charge in [-0.05, 0) is 31.1 Å². The highest BCUT2D eigenvalue weighted by Crippen LogP contribution is 2.25. The van der Waals surface area contributed by atoms with Crippen molar-refractivity contribution in [3.8, 4) is 0 Å². The van der Waals surface area contributed by atoms with E-state index in [9.17, 15) is 13.2 Å². The first kappa shape index (κ1) is 21.4. The number of rotatable bonds is 8. The highest BCUT2D eigenvalue weighted by molar-refractivity contribution is 7.91. The van der Waals surface area contributed by atoms with Crippen molar-refractivity contribution >= 4 is 39.7 Å². The summed E-state index contributed by atoms with van der Waals surface area (Å²) in [4.78, 5) is 12.9. The van der Waals surface area contributed by atoms with Crippen molar-refractivity contribution in [2.45, 2.75) is 31.5 Å². The number of carbonyl (C=O) groups is 1. The summed E-state index contributed by atoms with van der Waals surface area (Å²) in [7, 11) is -3.41. The molecule has 0 saturated carbocycles. The Morgan fingerprint density at radius 3 is 2.50 bits per heavy atom. The first-order valence-electron chi connectivity index (χ1n) is 7.97. The van der Waals surface area contributed by atoms with Crippen LogP contribution in [0.25, 0.3) is 0 Å². The van der Waals surface area contributed by atoms with Gasteiger partial charge in [-0.15, -0.1) is 23.7 Å². The molecular formula is C15H26ClN3O3S2. The van der Waals surface area contributed by atoms with Crippen LogP contribution in [-0.2, 0) is 21.4 Å². The van der Waals surface area contributed by atoms with Crippen LogP contribution in [0.3, 0.4) is 0 Å². The van der Waals surface area contributed by atoms with Crippen molar-refractivity contribution in [2.24, 2.45) is 11.8 Å². The minimum atomic E-state index is -3.41. The van der Waals surface area contributed by atoms with Crippen LogP contribution in [0.5, 0.6) is 0 Å². The third kappa shape index (κ3) is 4.70. The second-order valence-electron chi connectivity index (χ2n) is 5.73. The van der Waals surface area contributed by atoms with Gasteiger partial charge in [0.15, 0.2) is 0 Å². The number of nitrogens with one attached hydrogen (secondary N) is 2. The summed E-state index contributed by atoms with van der Waals surface area (Å²) in [6.07, 6.45) is 0. The zero-order valence-electron chi connectivity index (χ0n) is 14.2. The topological polar surface area (TPSA) is 78.5 Å². The standard InChI is InChI=1S/C15H25N3O3S2.ClH/c1-4-18(5-2)23(20,21)14-7-6-13(22-14)10-17-15(19)11(3)12-8-16-9-12;/h6-7,11-12,16H,4-5,8-10H2,1-3H3,(H,17,19);1H. The molecule has 1 saturated heterocycles. The van der Waals surface area contributed by atoms with Gasteiger partial charge in [-0.1, -0.05) is 20.8 Å². The monoisotopic (exact) mass is 395 g/mol. The molecule has 1 fully saturated rings. The Hall–Kier alpha value is -0.670. The van der Waals surface area contributed by atoms with E-state index in [0.717, 1.165) is 18.0 Å². The number of sulfonamides is 1. The number of halogens is 1. The molecule has 0 radical (unpaired) electrons. The van der Waals surface area contributed by atoms with Crippen molar-refractivity contribution < 1.29 is 13.2 Å². The second-order valence-corrected chi connectivity index (χ2v) is 9.07. The molecule has 0 spiro atoms. The molecule has 6 nitrogen and oxygen atoms in total. The van der Waals surface area contributed by atoms with E-state index in [1.807, 2.05) is 20.8 Å². The maximum atomic E-state index is 12.4. The van der Waals surface area contributed by atoms with E-state index in [2.05, 4.69) is 10.6 Å². The van der Waals surface area contributed by atoms with Gasteiger partial charge in [0, 0.05) is 23.9 Å². The van der Waals surface area contributed by atoms with Crippen molar-refractivity contribution in [1.29, 1.82) is 0 Å². The molecule has 0 aliphatic carbocycles. The van der Waals surface area contributed by atoms with E-state index < -0.39 is 10.0 Å². The molecule has 2 N–H and O–H groups in total. The molecule has 24 heavy (non-hydrogen) atoms. The summed E-state index contributed by atoms with van der Waals surface area (Å²) < 4.78 is 26.6. The first-order chi connectivity index (χ1) is 10.9. The molecule has 9 heteroatoms. The fourth-order valence-corrected chi connectivity index (χ4v) is 5.40. The zero-order chi connectivity index (χ0) is 17.0. The van der Waals surface area contributed by atoms with Gasteiger partial charge >= 0.3 is 0 Å². The van der Waals surface area contributed by atoms with E-state index in [4.69, 9.17) is 0 Å². The molecule has 1 amide bonds. The lowest BCUT2D eigenvalue weighted by molar-refractivity contribution is -0.126. The predicted octanol–water partition coefficient (Wildman–Crippen LogP) is 1.67. The molecule has 0 bridgehead atoms. The molecule has 1 aromatic heterocycles. The number of carbonyl (C=O) groups excluding carboxylic acids is 1. The highest BCUT2D eigenvalue weighted by Gasteiger charge is 2.28. The van der Waals surface area contributed by atoms with E-state index in [1.165, 1.54) is 15.6 Å². The van der Waals surface area contributed by atoms with Crippen molar-refractivity contribution in [3.05, 3.63) is 17.0 Å². The lowest BCUT2D eigenvalue weighted by Crippen LogP contribution is -2.49. The number of nitrogens with zero attached hydrogens (tertiary/aromatic N) is 1. The number of thiophene rings is 1. The molecule has 1 unspecified atom stereocenters. The summed E-state index contributed by atoms with van der Waals surface area (Å²) in [5, 5.41) is 6.07. The van der Waals surface area contributed by atoms with Gasteiger partial charge in [0.1, 0.15) is 4.21 Å². The number of hydrogen-bond acceptors (Lipinski definition) is 5. The lowest BCUT2D eigenvalue weighted by Gasteiger charge is -2.31.